The molecule has 0 radical (unpaired) electrons. The predicted octanol–water partition coefficient (Wildman–Crippen LogP) is 4.44. The van der Waals surface area contributed by atoms with E-state index in [1.54, 1.807) is 0 Å². The normalized spacial score (nSPS) is 12.4. The summed E-state index contributed by atoms with van der Waals surface area (Å²) in [6, 6.07) is 12.2. The van der Waals surface area contributed by atoms with E-state index in [0.717, 1.165) is 67.5 Å². The molecule has 3 aromatic heterocycles. The van der Waals surface area contributed by atoms with Crippen LogP contribution >= 0.6 is 67.8 Å². The number of aromatic amines is 3. The summed E-state index contributed by atoms with van der Waals surface area (Å²) in [7, 11) is 0. The largest absolute Gasteiger partial charge is 0.349 e. The average Bonchev–Trinajstić information content (AvgIpc) is 3.47. The number of halogens is 3. The molecular weight excluding hydrogens is 731 g/mol. The molecular formula is C21H24I3N7. The Labute approximate surface area is 223 Å². The van der Waals surface area contributed by atoms with Gasteiger partial charge in [0.1, 0.15) is 0 Å². The van der Waals surface area contributed by atoms with Gasteiger partial charge >= 0.3 is 0 Å². The van der Waals surface area contributed by atoms with Crippen LogP contribution < -0.4 is 0 Å². The van der Waals surface area contributed by atoms with E-state index in [1.165, 1.54) is 0 Å². The second-order valence-electron chi connectivity index (χ2n) is 6.73. The van der Waals surface area contributed by atoms with E-state index in [2.05, 4.69) is 103 Å². The van der Waals surface area contributed by atoms with E-state index >= 15 is 0 Å². The number of H-pyrrole nitrogens is 3. The van der Waals surface area contributed by atoms with Crippen molar-refractivity contribution in [1.29, 1.82) is 0 Å². The van der Waals surface area contributed by atoms with Gasteiger partial charge in [0, 0.05) is 38.3 Å². The Balaban J connectivity index is 1.47. The van der Waals surface area contributed by atoms with Gasteiger partial charge in [0.25, 0.3) is 0 Å². The van der Waals surface area contributed by atoms with Crippen LogP contribution in [-0.4, -0.2) is 77.8 Å². The quantitative estimate of drug-likeness (QED) is 0.186. The highest BCUT2D eigenvalue weighted by Crippen LogP contribution is 2.04. The first-order valence-electron chi connectivity index (χ1n) is 9.84. The Morgan fingerprint density at radius 1 is 0.581 bits per heavy atom. The fourth-order valence-electron chi connectivity index (χ4n) is 2.80. The zero-order valence-electron chi connectivity index (χ0n) is 16.9. The first kappa shape index (κ1) is 24.6. The summed E-state index contributed by atoms with van der Waals surface area (Å²) < 4.78 is 3.35. The lowest BCUT2D eigenvalue weighted by Crippen LogP contribution is -2.31. The van der Waals surface area contributed by atoms with Gasteiger partial charge in [-0.1, -0.05) is 0 Å². The fourth-order valence-corrected chi connectivity index (χ4v) is 4.27. The van der Waals surface area contributed by atoms with Gasteiger partial charge in [-0.25, -0.2) is 0 Å². The minimum Gasteiger partial charge on any atom is -0.349 e. The lowest BCUT2D eigenvalue weighted by atomic mass is 10.4. The van der Waals surface area contributed by atoms with Gasteiger partial charge in [-0.2, -0.15) is 0 Å². The van der Waals surface area contributed by atoms with E-state index in [-0.39, 0.29) is 0 Å². The molecule has 0 bridgehead atoms. The molecule has 0 unspecified atom stereocenters. The molecule has 0 saturated heterocycles. The first-order valence-corrected chi connectivity index (χ1v) is 13.1. The second-order valence-corrected chi connectivity index (χ2v) is 10.2. The predicted molar refractivity (Wildman–Crippen MR) is 154 cm³/mol. The summed E-state index contributed by atoms with van der Waals surface area (Å²) in [4.78, 5) is 25.8. The van der Waals surface area contributed by atoms with E-state index in [0.29, 0.717) is 0 Å². The highest BCUT2D eigenvalue weighted by molar-refractivity contribution is 14.1. The zero-order chi connectivity index (χ0) is 21.9. The van der Waals surface area contributed by atoms with Gasteiger partial charge in [-0.3, -0.25) is 19.9 Å². The highest BCUT2D eigenvalue weighted by Gasteiger charge is 2.03. The molecule has 0 aliphatic heterocycles. The Morgan fingerprint density at radius 3 is 1.16 bits per heavy atom. The summed E-state index contributed by atoms with van der Waals surface area (Å²) in [6.07, 6.45) is 5.70. The third kappa shape index (κ3) is 9.57. The van der Waals surface area contributed by atoms with Gasteiger partial charge in [0.15, 0.2) is 0 Å². The minimum atomic E-state index is 0.743. The third-order valence-electron chi connectivity index (χ3n) is 4.35. The standard InChI is InChI=1S/C21H24I3N7/c22-19-4-1-16(28-19)13-25-7-10-31(11-8-26-14-17-2-5-20(23)29-17)12-9-27-15-18-3-6-21(24)30-18/h1-6,13-15,28-30H,7-12H2. The van der Waals surface area contributed by atoms with Crippen molar-refractivity contribution in [3.63, 3.8) is 0 Å². The van der Waals surface area contributed by atoms with Crippen LogP contribution in [0.1, 0.15) is 17.1 Å². The van der Waals surface area contributed by atoms with Crippen LogP contribution in [0.4, 0.5) is 0 Å². The van der Waals surface area contributed by atoms with E-state index < -0.39 is 0 Å². The lowest BCUT2D eigenvalue weighted by molar-refractivity contribution is 0.298. The Bertz CT molecular complexity index is 887. The molecule has 164 valence electrons. The molecule has 0 atom stereocenters. The van der Waals surface area contributed by atoms with Crippen molar-refractivity contribution in [3.05, 3.63) is 64.6 Å². The molecule has 3 aromatic rings. The first-order chi connectivity index (χ1) is 15.1. The van der Waals surface area contributed by atoms with Crippen LogP contribution in [0.2, 0.25) is 0 Å². The van der Waals surface area contributed by atoms with Crippen LogP contribution in [0.3, 0.4) is 0 Å². The van der Waals surface area contributed by atoms with Crippen molar-refractivity contribution in [2.24, 2.45) is 15.0 Å². The summed E-state index contributed by atoms with van der Waals surface area (Å²) >= 11 is 6.79. The molecule has 3 rings (SSSR count). The maximum absolute atomic E-state index is 4.56. The fraction of sp³-hybridized carbons (Fsp3) is 0.286. The number of aromatic nitrogens is 3. The van der Waals surface area contributed by atoms with Crippen molar-refractivity contribution in [2.45, 2.75) is 0 Å². The highest BCUT2D eigenvalue weighted by atomic mass is 127. The Kier molecular flexibility index (Phi) is 10.7. The van der Waals surface area contributed by atoms with E-state index in [9.17, 15) is 0 Å². The van der Waals surface area contributed by atoms with Crippen molar-refractivity contribution in [3.8, 4) is 0 Å². The van der Waals surface area contributed by atoms with Crippen molar-refractivity contribution in [1.82, 2.24) is 19.9 Å². The number of hydrogen-bond acceptors (Lipinski definition) is 4. The van der Waals surface area contributed by atoms with Crippen LogP contribution in [-0.2, 0) is 0 Å². The number of aliphatic imine (C=N–C) groups is 3. The van der Waals surface area contributed by atoms with Gasteiger partial charge < -0.3 is 15.0 Å². The lowest BCUT2D eigenvalue weighted by Gasteiger charge is -2.19. The molecule has 3 N–H and O–H groups in total. The summed E-state index contributed by atoms with van der Waals surface area (Å²) in [5, 5.41) is 0. The second kappa shape index (κ2) is 13.5. The molecule has 0 aromatic carbocycles. The average molecular weight is 755 g/mol. The molecule has 0 aliphatic carbocycles. The molecule has 0 amide bonds. The van der Waals surface area contributed by atoms with Gasteiger partial charge in [0.2, 0.25) is 0 Å². The third-order valence-corrected chi connectivity index (χ3v) is 6.23. The van der Waals surface area contributed by atoms with Gasteiger partial charge in [0.05, 0.1) is 47.8 Å². The Hall–Kier alpha value is -1.00. The SMILES string of the molecule is Ic1ccc(C=NCCN(CCN=Cc2ccc(I)[nH]2)CCN=Cc2ccc(I)[nH]2)[nH]1. The zero-order valence-corrected chi connectivity index (χ0v) is 23.3. The van der Waals surface area contributed by atoms with Crippen LogP contribution in [0.25, 0.3) is 0 Å². The number of nitrogens with zero attached hydrogens (tertiary/aromatic N) is 4. The van der Waals surface area contributed by atoms with Gasteiger partial charge in [-0.15, -0.1) is 0 Å². The maximum atomic E-state index is 4.56. The maximum Gasteiger partial charge on any atom is 0.0777 e. The summed E-state index contributed by atoms with van der Waals surface area (Å²) in [5.41, 5.74) is 3.10. The topological polar surface area (TPSA) is 87.7 Å². The van der Waals surface area contributed by atoms with E-state index in [1.807, 2.05) is 55.0 Å². The smallest absolute Gasteiger partial charge is 0.0777 e. The minimum absolute atomic E-state index is 0.743. The van der Waals surface area contributed by atoms with Crippen molar-refractivity contribution >= 4 is 86.4 Å². The van der Waals surface area contributed by atoms with E-state index in [4.69, 9.17) is 0 Å². The van der Waals surface area contributed by atoms with Crippen LogP contribution in [0.15, 0.2) is 51.4 Å². The molecule has 0 saturated carbocycles. The molecule has 3 heterocycles. The van der Waals surface area contributed by atoms with Crippen molar-refractivity contribution < 1.29 is 0 Å². The number of nitrogens with one attached hydrogen (secondary N) is 3. The molecule has 0 spiro atoms. The van der Waals surface area contributed by atoms with Crippen LogP contribution in [0.5, 0.6) is 0 Å². The summed E-state index contributed by atoms with van der Waals surface area (Å²) in [6.45, 7) is 4.85. The Morgan fingerprint density at radius 2 is 0.903 bits per heavy atom. The number of hydrogen-bond donors (Lipinski definition) is 3. The molecule has 0 aliphatic rings. The summed E-state index contributed by atoms with van der Waals surface area (Å²) in [5.74, 6) is 0. The van der Waals surface area contributed by atoms with Gasteiger partial charge in [-0.05, 0) is 104 Å². The molecule has 0 fully saturated rings. The molecule has 31 heavy (non-hydrogen) atoms. The molecule has 10 heteroatoms. The monoisotopic (exact) mass is 755 g/mol. The number of rotatable bonds is 12. The van der Waals surface area contributed by atoms with Crippen LogP contribution in [0, 0.1) is 11.1 Å². The van der Waals surface area contributed by atoms with Crippen molar-refractivity contribution in [2.75, 3.05) is 39.3 Å². The molecule has 7 nitrogen and oxygen atoms in total.